The van der Waals surface area contributed by atoms with Crippen molar-refractivity contribution in [3.05, 3.63) is 100 Å². The molecule has 4 aromatic rings. The molecule has 2 aromatic heterocycles. The maximum Gasteiger partial charge on any atom is 0.296 e. The first-order valence-corrected chi connectivity index (χ1v) is 14.0. The minimum Gasteiger partial charge on any atom is -0.493 e. The number of sulfone groups is 1. The number of hydrogen-bond donors (Lipinski definition) is 1. The van der Waals surface area contributed by atoms with Crippen LogP contribution in [0.2, 0.25) is 0 Å². The average molecular weight is 536 g/mol. The van der Waals surface area contributed by atoms with Gasteiger partial charge in [0.2, 0.25) is 15.7 Å². The number of benzene rings is 2. The molecule has 0 aliphatic carbocycles. The van der Waals surface area contributed by atoms with E-state index in [1.54, 1.807) is 49.5 Å². The van der Waals surface area contributed by atoms with Crippen LogP contribution in [0.15, 0.2) is 81.4 Å². The van der Waals surface area contributed by atoms with E-state index in [-0.39, 0.29) is 16.3 Å². The van der Waals surface area contributed by atoms with Gasteiger partial charge in [-0.15, -0.1) is 0 Å². The predicted octanol–water partition coefficient (Wildman–Crippen LogP) is 5.63. The highest BCUT2D eigenvalue weighted by molar-refractivity contribution is 7.91. The van der Waals surface area contributed by atoms with Crippen LogP contribution in [-0.2, 0) is 16.3 Å². The smallest absolute Gasteiger partial charge is 0.296 e. The summed E-state index contributed by atoms with van der Waals surface area (Å²) < 4.78 is 43.5. The van der Waals surface area contributed by atoms with Crippen LogP contribution in [0.1, 0.15) is 56.2 Å². The summed E-state index contributed by atoms with van der Waals surface area (Å²) in [6.07, 6.45) is 3.77. The third-order valence-electron chi connectivity index (χ3n) is 6.60. The second kappa shape index (κ2) is 11.3. The van der Waals surface area contributed by atoms with Crippen molar-refractivity contribution >= 4 is 9.84 Å². The molecule has 0 saturated carbocycles. The molecule has 1 atom stereocenters. The van der Waals surface area contributed by atoms with Gasteiger partial charge in [-0.1, -0.05) is 56.7 Å². The summed E-state index contributed by atoms with van der Waals surface area (Å²) >= 11 is 0. The molecule has 4 rings (SSSR count). The molecular weight excluding hydrogens is 505 g/mol. The zero-order chi connectivity index (χ0) is 27.4. The number of aryl methyl sites for hydroxylation is 2. The summed E-state index contributed by atoms with van der Waals surface area (Å²) in [4.78, 5) is 20.5. The van der Waals surface area contributed by atoms with Crippen LogP contribution in [0.25, 0.3) is 11.1 Å². The van der Waals surface area contributed by atoms with Crippen molar-refractivity contribution in [2.24, 2.45) is 0 Å². The number of aromatic nitrogens is 3. The van der Waals surface area contributed by atoms with Crippen LogP contribution in [0.3, 0.4) is 0 Å². The Morgan fingerprint density at radius 1 is 1.03 bits per heavy atom. The Morgan fingerprint density at radius 2 is 1.74 bits per heavy atom. The Balaban J connectivity index is 1.88. The van der Waals surface area contributed by atoms with Gasteiger partial charge in [0, 0.05) is 29.4 Å². The van der Waals surface area contributed by atoms with Crippen molar-refractivity contribution in [1.29, 1.82) is 0 Å². The molecule has 0 aliphatic heterocycles. The van der Waals surface area contributed by atoms with E-state index in [1.165, 1.54) is 22.8 Å². The van der Waals surface area contributed by atoms with Crippen molar-refractivity contribution in [1.82, 2.24) is 14.5 Å². The standard InChI is InChI=1S/C29H30FN3O4S/c1-4-6-13-26-32-28(34)27(29(35)33(26)25(5-2)23-10-7-8-12-24(23)30)38(36,37)21-16-14-20(15-17-21)22-11-9-18-31-19(22)3/h7-12,14-18,25,35H,4-6,13H2,1-3H3. The van der Waals surface area contributed by atoms with Gasteiger partial charge in [0.05, 0.1) is 10.9 Å². The van der Waals surface area contributed by atoms with Crippen LogP contribution >= 0.6 is 0 Å². The van der Waals surface area contributed by atoms with Gasteiger partial charge < -0.3 is 5.11 Å². The SMILES string of the molecule is CCCCc1nc(=O)c(S(=O)(=O)c2ccc(-c3cccnc3C)cc2)c(O)n1C(CC)c1ccccc1F. The molecule has 7 nitrogen and oxygen atoms in total. The van der Waals surface area contributed by atoms with Crippen LogP contribution in [-0.4, -0.2) is 28.1 Å². The number of rotatable bonds is 9. The molecule has 0 fully saturated rings. The molecule has 1 N–H and O–H groups in total. The molecule has 0 radical (unpaired) electrons. The predicted molar refractivity (Wildman–Crippen MR) is 143 cm³/mol. The fraction of sp³-hybridized carbons (Fsp3) is 0.276. The topological polar surface area (TPSA) is 102 Å². The largest absolute Gasteiger partial charge is 0.493 e. The number of halogens is 1. The second-order valence-electron chi connectivity index (χ2n) is 9.07. The van der Waals surface area contributed by atoms with E-state index in [4.69, 9.17) is 0 Å². The number of hydrogen-bond acceptors (Lipinski definition) is 6. The Labute approximate surface area is 221 Å². The first-order valence-electron chi connectivity index (χ1n) is 12.6. The van der Waals surface area contributed by atoms with E-state index in [9.17, 15) is 22.7 Å². The van der Waals surface area contributed by atoms with E-state index in [0.717, 1.165) is 23.2 Å². The van der Waals surface area contributed by atoms with E-state index in [0.29, 0.717) is 19.3 Å². The van der Waals surface area contributed by atoms with Gasteiger partial charge in [0.1, 0.15) is 11.6 Å². The van der Waals surface area contributed by atoms with Crippen LogP contribution < -0.4 is 5.56 Å². The Hall–Kier alpha value is -3.85. The fourth-order valence-electron chi connectivity index (χ4n) is 4.63. The average Bonchev–Trinajstić information content (AvgIpc) is 2.90. The summed E-state index contributed by atoms with van der Waals surface area (Å²) in [5.41, 5.74) is 1.62. The van der Waals surface area contributed by atoms with Crippen LogP contribution in [0, 0.1) is 12.7 Å². The molecule has 9 heteroatoms. The lowest BCUT2D eigenvalue weighted by atomic mass is 10.0. The lowest BCUT2D eigenvalue weighted by Crippen LogP contribution is -2.28. The zero-order valence-corrected chi connectivity index (χ0v) is 22.4. The van der Waals surface area contributed by atoms with Crippen molar-refractivity contribution in [3.63, 3.8) is 0 Å². The normalized spacial score (nSPS) is 12.4. The molecule has 38 heavy (non-hydrogen) atoms. The summed E-state index contributed by atoms with van der Waals surface area (Å²) in [6, 6.07) is 15.1. The molecule has 2 aromatic carbocycles. The molecule has 0 bridgehead atoms. The van der Waals surface area contributed by atoms with Crippen LogP contribution in [0.4, 0.5) is 4.39 Å². The highest BCUT2D eigenvalue weighted by atomic mass is 32.2. The van der Waals surface area contributed by atoms with Gasteiger partial charge in [-0.2, -0.15) is 4.98 Å². The van der Waals surface area contributed by atoms with Crippen molar-refractivity contribution in [2.45, 2.75) is 62.3 Å². The van der Waals surface area contributed by atoms with Crippen LogP contribution in [0.5, 0.6) is 5.88 Å². The molecule has 198 valence electrons. The maximum atomic E-state index is 14.8. The summed E-state index contributed by atoms with van der Waals surface area (Å²) in [6.45, 7) is 5.61. The lowest BCUT2D eigenvalue weighted by Gasteiger charge is -2.25. The highest BCUT2D eigenvalue weighted by Crippen LogP contribution is 2.34. The van der Waals surface area contributed by atoms with E-state index in [2.05, 4.69) is 9.97 Å². The summed E-state index contributed by atoms with van der Waals surface area (Å²) in [5, 5.41) is 11.4. The van der Waals surface area contributed by atoms with Gasteiger partial charge in [-0.25, -0.2) is 12.8 Å². The molecule has 1 unspecified atom stereocenters. The minimum atomic E-state index is -4.46. The summed E-state index contributed by atoms with van der Waals surface area (Å²) in [7, 11) is -4.46. The quantitative estimate of drug-likeness (QED) is 0.298. The lowest BCUT2D eigenvalue weighted by molar-refractivity contribution is 0.354. The second-order valence-corrected chi connectivity index (χ2v) is 11.0. The highest BCUT2D eigenvalue weighted by Gasteiger charge is 2.32. The first kappa shape index (κ1) is 27.2. The van der Waals surface area contributed by atoms with E-state index < -0.39 is 38.0 Å². The third-order valence-corrected chi connectivity index (χ3v) is 8.39. The summed E-state index contributed by atoms with van der Waals surface area (Å²) in [5.74, 6) is -1.02. The number of aromatic hydroxyl groups is 1. The zero-order valence-electron chi connectivity index (χ0n) is 21.6. The number of nitrogens with zero attached hydrogens (tertiary/aromatic N) is 3. The van der Waals surface area contributed by atoms with Crippen molar-refractivity contribution in [3.8, 4) is 17.0 Å². The molecule has 2 heterocycles. The monoisotopic (exact) mass is 535 g/mol. The first-order chi connectivity index (χ1) is 18.2. The number of unbranched alkanes of at least 4 members (excludes halogenated alkanes) is 1. The van der Waals surface area contributed by atoms with Crippen molar-refractivity contribution < 1.29 is 17.9 Å². The molecular formula is C29H30FN3O4S. The minimum absolute atomic E-state index is 0.163. The Kier molecular flexibility index (Phi) is 8.06. The Bertz CT molecular complexity index is 1620. The van der Waals surface area contributed by atoms with E-state index >= 15 is 0 Å². The van der Waals surface area contributed by atoms with Crippen molar-refractivity contribution in [2.75, 3.05) is 0 Å². The third kappa shape index (κ3) is 5.11. The van der Waals surface area contributed by atoms with E-state index in [1.807, 2.05) is 19.9 Å². The fourth-order valence-corrected chi connectivity index (χ4v) is 5.98. The molecule has 0 saturated heterocycles. The Morgan fingerprint density at radius 3 is 2.37 bits per heavy atom. The van der Waals surface area contributed by atoms with Gasteiger partial charge in [0.25, 0.3) is 5.56 Å². The van der Waals surface area contributed by atoms with Gasteiger partial charge >= 0.3 is 0 Å². The molecule has 0 aliphatic rings. The number of pyridine rings is 1. The van der Waals surface area contributed by atoms with Gasteiger partial charge in [-0.05, 0) is 49.6 Å². The molecule has 0 spiro atoms. The molecule has 0 amide bonds. The van der Waals surface area contributed by atoms with Gasteiger partial charge in [-0.3, -0.25) is 14.3 Å². The maximum absolute atomic E-state index is 14.8. The van der Waals surface area contributed by atoms with Gasteiger partial charge in [0.15, 0.2) is 4.90 Å².